The zero-order valence-electron chi connectivity index (χ0n) is 9.34. The molecule has 0 bridgehead atoms. The van der Waals surface area contributed by atoms with Crippen LogP contribution in [0.4, 0.5) is 0 Å². The van der Waals surface area contributed by atoms with Crippen LogP contribution in [0.15, 0.2) is 0 Å². The number of ketones is 1. The molecule has 0 aromatic carbocycles. The maximum atomic E-state index is 11.4. The number of Topliss-reactive ketones (excluding diaryl/α,β-unsaturated/α-hetero) is 1. The standard InChI is InChI=1S/C11H20O3/c1-4-6-7-9(3)10(12)8-11(13)14-5-2/h9H,4-8H2,1-3H3. The zero-order chi connectivity index (χ0) is 11.0. The normalized spacial score (nSPS) is 12.2. The number of ether oxygens (including phenoxy) is 1. The van der Waals surface area contributed by atoms with E-state index in [4.69, 9.17) is 4.74 Å². The van der Waals surface area contributed by atoms with Crippen LogP contribution in [0, 0.1) is 5.92 Å². The molecule has 0 aromatic heterocycles. The lowest BCUT2D eigenvalue weighted by Gasteiger charge is -2.08. The molecule has 1 unspecified atom stereocenters. The predicted octanol–water partition coefficient (Wildman–Crippen LogP) is 2.33. The summed E-state index contributed by atoms with van der Waals surface area (Å²) in [5, 5.41) is 0. The summed E-state index contributed by atoms with van der Waals surface area (Å²) in [7, 11) is 0. The molecule has 0 amide bonds. The molecule has 0 aliphatic rings. The third kappa shape index (κ3) is 5.73. The first kappa shape index (κ1) is 13.1. The number of hydrogen-bond acceptors (Lipinski definition) is 3. The summed E-state index contributed by atoms with van der Waals surface area (Å²) >= 11 is 0. The van der Waals surface area contributed by atoms with Gasteiger partial charge in [-0.15, -0.1) is 0 Å². The first-order valence-corrected chi connectivity index (χ1v) is 5.30. The van der Waals surface area contributed by atoms with Gasteiger partial charge in [0.25, 0.3) is 0 Å². The van der Waals surface area contributed by atoms with E-state index in [2.05, 4.69) is 6.92 Å². The average molecular weight is 200 g/mol. The van der Waals surface area contributed by atoms with Crippen LogP contribution in [0.2, 0.25) is 0 Å². The van der Waals surface area contributed by atoms with Crippen LogP contribution in [-0.2, 0) is 14.3 Å². The molecule has 82 valence electrons. The van der Waals surface area contributed by atoms with Crippen molar-refractivity contribution in [1.29, 1.82) is 0 Å². The Morgan fingerprint density at radius 3 is 2.43 bits per heavy atom. The number of hydrogen-bond donors (Lipinski definition) is 0. The number of carbonyl (C=O) groups excluding carboxylic acids is 2. The second-order valence-corrected chi connectivity index (χ2v) is 3.49. The van der Waals surface area contributed by atoms with Gasteiger partial charge in [0.1, 0.15) is 12.2 Å². The Labute approximate surface area is 85.8 Å². The van der Waals surface area contributed by atoms with Gasteiger partial charge in [-0.05, 0) is 13.3 Å². The fourth-order valence-corrected chi connectivity index (χ4v) is 1.20. The van der Waals surface area contributed by atoms with E-state index in [9.17, 15) is 9.59 Å². The Morgan fingerprint density at radius 1 is 1.29 bits per heavy atom. The van der Waals surface area contributed by atoms with Crippen molar-refractivity contribution in [2.24, 2.45) is 5.92 Å². The lowest BCUT2D eigenvalue weighted by Crippen LogP contribution is -2.17. The fourth-order valence-electron chi connectivity index (χ4n) is 1.20. The second-order valence-electron chi connectivity index (χ2n) is 3.49. The molecule has 14 heavy (non-hydrogen) atoms. The molecule has 0 aromatic rings. The monoisotopic (exact) mass is 200 g/mol. The Balaban J connectivity index is 3.76. The molecule has 0 spiro atoms. The van der Waals surface area contributed by atoms with Gasteiger partial charge < -0.3 is 4.74 Å². The highest BCUT2D eigenvalue weighted by Gasteiger charge is 2.16. The molecule has 1 atom stereocenters. The van der Waals surface area contributed by atoms with Crippen LogP contribution in [0.1, 0.15) is 46.5 Å². The molecule has 0 heterocycles. The zero-order valence-corrected chi connectivity index (χ0v) is 9.34. The Kier molecular flexibility index (Phi) is 7.07. The number of unbranched alkanes of at least 4 members (excludes halogenated alkanes) is 1. The van der Waals surface area contributed by atoms with Crippen molar-refractivity contribution in [3.05, 3.63) is 0 Å². The highest BCUT2D eigenvalue weighted by atomic mass is 16.5. The second kappa shape index (κ2) is 7.54. The van der Waals surface area contributed by atoms with Crippen molar-refractivity contribution in [2.45, 2.75) is 46.5 Å². The Bertz CT molecular complexity index is 187. The van der Waals surface area contributed by atoms with Gasteiger partial charge in [-0.1, -0.05) is 26.7 Å². The van der Waals surface area contributed by atoms with Gasteiger partial charge in [-0.2, -0.15) is 0 Å². The fraction of sp³-hybridized carbons (Fsp3) is 0.818. The van der Waals surface area contributed by atoms with Crippen LogP contribution < -0.4 is 0 Å². The summed E-state index contributed by atoms with van der Waals surface area (Å²) in [5.74, 6) is -0.419. The first-order valence-electron chi connectivity index (χ1n) is 5.30. The average Bonchev–Trinajstić information content (AvgIpc) is 2.14. The summed E-state index contributed by atoms with van der Waals surface area (Å²) < 4.78 is 4.71. The Hall–Kier alpha value is -0.860. The van der Waals surface area contributed by atoms with E-state index in [1.807, 2.05) is 6.92 Å². The molecule has 0 aliphatic heterocycles. The molecule has 0 saturated carbocycles. The van der Waals surface area contributed by atoms with E-state index < -0.39 is 5.97 Å². The third-order valence-electron chi connectivity index (χ3n) is 2.16. The van der Waals surface area contributed by atoms with Gasteiger partial charge in [0.2, 0.25) is 0 Å². The van der Waals surface area contributed by atoms with E-state index in [0.717, 1.165) is 19.3 Å². The molecular weight excluding hydrogens is 180 g/mol. The van der Waals surface area contributed by atoms with E-state index in [1.165, 1.54) is 0 Å². The summed E-state index contributed by atoms with van der Waals surface area (Å²) in [5.41, 5.74) is 0. The van der Waals surface area contributed by atoms with Crippen molar-refractivity contribution in [3.8, 4) is 0 Å². The maximum Gasteiger partial charge on any atom is 0.313 e. The smallest absolute Gasteiger partial charge is 0.313 e. The van der Waals surface area contributed by atoms with Crippen LogP contribution in [0.25, 0.3) is 0 Å². The molecule has 0 fully saturated rings. The van der Waals surface area contributed by atoms with E-state index in [0.29, 0.717) is 6.61 Å². The minimum atomic E-state index is -0.402. The quantitative estimate of drug-likeness (QED) is 0.468. The van der Waals surface area contributed by atoms with E-state index >= 15 is 0 Å². The number of rotatable bonds is 7. The number of esters is 1. The van der Waals surface area contributed by atoms with Crippen molar-refractivity contribution < 1.29 is 14.3 Å². The van der Waals surface area contributed by atoms with Gasteiger partial charge in [-0.3, -0.25) is 9.59 Å². The topological polar surface area (TPSA) is 43.4 Å². The molecule has 3 nitrogen and oxygen atoms in total. The molecule has 0 N–H and O–H groups in total. The highest BCUT2D eigenvalue weighted by Crippen LogP contribution is 2.10. The molecule has 3 heteroatoms. The number of carbonyl (C=O) groups is 2. The van der Waals surface area contributed by atoms with Gasteiger partial charge >= 0.3 is 5.97 Å². The molecular formula is C11H20O3. The molecule has 0 rings (SSSR count). The van der Waals surface area contributed by atoms with Crippen molar-refractivity contribution in [1.82, 2.24) is 0 Å². The SMILES string of the molecule is CCCCC(C)C(=O)CC(=O)OCC. The van der Waals surface area contributed by atoms with Gasteiger partial charge in [0.15, 0.2) is 0 Å². The summed E-state index contributed by atoms with van der Waals surface area (Å²) in [6.45, 7) is 6.04. The van der Waals surface area contributed by atoms with Crippen molar-refractivity contribution in [3.63, 3.8) is 0 Å². The lowest BCUT2D eigenvalue weighted by atomic mass is 9.98. The highest BCUT2D eigenvalue weighted by molar-refractivity contribution is 5.96. The van der Waals surface area contributed by atoms with E-state index in [1.54, 1.807) is 6.92 Å². The molecule has 0 aliphatic carbocycles. The van der Waals surface area contributed by atoms with Crippen LogP contribution >= 0.6 is 0 Å². The van der Waals surface area contributed by atoms with Crippen LogP contribution in [0.3, 0.4) is 0 Å². The van der Waals surface area contributed by atoms with Crippen LogP contribution in [-0.4, -0.2) is 18.4 Å². The molecule has 0 radical (unpaired) electrons. The van der Waals surface area contributed by atoms with Crippen LogP contribution in [0.5, 0.6) is 0 Å². The van der Waals surface area contributed by atoms with Crippen molar-refractivity contribution in [2.75, 3.05) is 6.61 Å². The molecule has 0 saturated heterocycles. The van der Waals surface area contributed by atoms with E-state index in [-0.39, 0.29) is 18.1 Å². The minimum Gasteiger partial charge on any atom is -0.466 e. The first-order chi connectivity index (χ1) is 6.61. The van der Waals surface area contributed by atoms with Gasteiger partial charge in [0.05, 0.1) is 6.61 Å². The summed E-state index contributed by atoms with van der Waals surface area (Å²) in [4.78, 5) is 22.4. The maximum absolute atomic E-state index is 11.4. The van der Waals surface area contributed by atoms with Gasteiger partial charge in [0, 0.05) is 5.92 Å². The third-order valence-corrected chi connectivity index (χ3v) is 2.16. The summed E-state index contributed by atoms with van der Waals surface area (Å²) in [6, 6.07) is 0. The minimum absolute atomic E-state index is 0.00287. The predicted molar refractivity (Wildman–Crippen MR) is 54.9 cm³/mol. The lowest BCUT2D eigenvalue weighted by molar-refractivity contribution is -0.146. The Morgan fingerprint density at radius 2 is 1.93 bits per heavy atom. The van der Waals surface area contributed by atoms with Gasteiger partial charge in [-0.25, -0.2) is 0 Å². The summed E-state index contributed by atoms with van der Waals surface area (Å²) in [6.07, 6.45) is 2.92. The largest absolute Gasteiger partial charge is 0.466 e. The van der Waals surface area contributed by atoms with Crippen molar-refractivity contribution >= 4 is 11.8 Å².